The number of nitrogens with zero attached hydrogens (tertiary/aromatic N) is 2. The van der Waals surface area contributed by atoms with E-state index in [2.05, 4.69) is 21.0 Å². The highest BCUT2D eigenvalue weighted by molar-refractivity contribution is 9.10. The SMILES string of the molecule is Cn1ncc(Br)c1C1(O)CCCCC1. The highest BCUT2D eigenvalue weighted by Gasteiger charge is 2.35. The van der Waals surface area contributed by atoms with Crippen LogP contribution in [0.3, 0.4) is 0 Å². The fraction of sp³-hybridized carbons (Fsp3) is 0.700. The Balaban J connectivity index is 2.36. The van der Waals surface area contributed by atoms with Crippen molar-refractivity contribution in [3.8, 4) is 0 Å². The van der Waals surface area contributed by atoms with Crippen molar-refractivity contribution in [2.75, 3.05) is 0 Å². The predicted molar refractivity (Wildman–Crippen MR) is 57.9 cm³/mol. The van der Waals surface area contributed by atoms with Gasteiger partial charge in [-0.15, -0.1) is 0 Å². The molecular weight excluding hydrogens is 244 g/mol. The van der Waals surface area contributed by atoms with Gasteiger partial charge in [-0.25, -0.2) is 0 Å². The summed E-state index contributed by atoms with van der Waals surface area (Å²) >= 11 is 3.44. The van der Waals surface area contributed by atoms with Gasteiger partial charge in [0.25, 0.3) is 0 Å². The van der Waals surface area contributed by atoms with Crippen molar-refractivity contribution >= 4 is 15.9 Å². The Bertz CT molecular complexity index is 309. The first-order valence-corrected chi connectivity index (χ1v) is 5.83. The van der Waals surface area contributed by atoms with Crippen molar-refractivity contribution in [2.24, 2.45) is 7.05 Å². The zero-order chi connectivity index (χ0) is 10.2. The summed E-state index contributed by atoms with van der Waals surface area (Å²) in [6.45, 7) is 0. The normalized spacial score (nSPS) is 21.1. The first-order valence-electron chi connectivity index (χ1n) is 5.04. The summed E-state index contributed by atoms with van der Waals surface area (Å²) in [7, 11) is 1.88. The fourth-order valence-corrected chi connectivity index (χ4v) is 3.02. The third-order valence-electron chi connectivity index (χ3n) is 3.02. The number of hydrogen-bond donors (Lipinski definition) is 1. The second-order valence-corrected chi connectivity index (χ2v) is 4.91. The lowest BCUT2D eigenvalue weighted by Gasteiger charge is -2.32. The quantitative estimate of drug-likeness (QED) is 0.840. The van der Waals surface area contributed by atoms with Gasteiger partial charge in [0.2, 0.25) is 0 Å². The monoisotopic (exact) mass is 258 g/mol. The van der Waals surface area contributed by atoms with Crippen LogP contribution < -0.4 is 0 Å². The molecule has 0 unspecified atom stereocenters. The van der Waals surface area contributed by atoms with Crippen molar-refractivity contribution < 1.29 is 5.11 Å². The van der Waals surface area contributed by atoms with E-state index < -0.39 is 5.60 Å². The van der Waals surface area contributed by atoms with Crippen LogP contribution in [0.1, 0.15) is 37.8 Å². The standard InChI is InChI=1S/C10H15BrN2O/c1-13-9(8(11)7-12-13)10(14)5-3-2-4-6-10/h7,14H,2-6H2,1H3. The first kappa shape index (κ1) is 10.2. The Morgan fingerprint density at radius 1 is 1.43 bits per heavy atom. The van der Waals surface area contributed by atoms with E-state index >= 15 is 0 Å². The minimum atomic E-state index is -0.664. The molecule has 1 aromatic rings. The van der Waals surface area contributed by atoms with E-state index in [0.29, 0.717) is 0 Å². The molecule has 1 aliphatic carbocycles. The van der Waals surface area contributed by atoms with Crippen molar-refractivity contribution in [3.05, 3.63) is 16.4 Å². The smallest absolute Gasteiger partial charge is 0.107 e. The van der Waals surface area contributed by atoms with E-state index in [1.165, 1.54) is 6.42 Å². The van der Waals surface area contributed by atoms with Crippen LogP contribution in [0.5, 0.6) is 0 Å². The molecule has 0 saturated heterocycles. The van der Waals surface area contributed by atoms with Gasteiger partial charge in [0.15, 0.2) is 0 Å². The number of aryl methyl sites for hydroxylation is 1. The molecule has 0 aliphatic heterocycles. The van der Waals surface area contributed by atoms with E-state index in [4.69, 9.17) is 0 Å². The van der Waals surface area contributed by atoms with Gasteiger partial charge in [-0.05, 0) is 28.8 Å². The highest BCUT2D eigenvalue weighted by Crippen LogP contribution is 2.39. The molecule has 0 spiro atoms. The lowest BCUT2D eigenvalue weighted by atomic mass is 9.82. The van der Waals surface area contributed by atoms with Gasteiger partial charge in [-0.3, -0.25) is 4.68 Å². The molecule has 0 atom stereocenters. The summed E-state index contributed by atoms with van der Waals surface area (Å²) in [5, 5.41) is 14.6. The molecule has 0 radical (unpaired) electrons. The lowest BCUT2D eigenvalue weighted by molar-refractivity contribution is -0.00859. The van der Waals surface area contributed by atoms with Crippen molar-refractivity contribution in [2.45, 2.75) is 37.7 Å². The van der Waals surface area contributed by atoms with E-state index in [-0.39, 0.29) is 0 Å². The molecular formula is C10H15BrN2O. The van der Waals surface area contributed by atoms with Gasteiger partial charge < -0.3 is 5.11 Å². The summed E-state index contributed by atoms with van der Waals surface area (Å²) in [6, 6.07) is 0. The number of aliphatic hydroxyl groups is 1. The molecule has 0 bridgehead atoms. The van der Waals surface area contributed by atoms with Crippen molar-refractivity contribution in [3.63, 3.8) is 0 Å². The molecule has 1 saturated carbocycles. The van der Waals surface area contributed by atoms with Crippen molar-refractivity contribution in [1.82, 2.24) is 9.78 Å². The van der Waals surface area contributed by atoms with Crippen molar-refractivity contribution in [1.29, 1.82) is 0 Å². The Labute approximate surface area is 92.2 Å². The van der Waals surface area contributed by atoms with Crippen LogP contribution in [0.4, 0.5) is 0 Å². The molecule has 1 N–H and O–H groups in total. The van der Waals surface area contributed by atoms with Gasteiger partial charge >= 0.3 is 0 Å². The summed E-state index contributed by atoms with van der Waals surface area (Å²) < 4.78 is 2.69. The summed E-state index contributed by atoms with van der Waals surface area (Å²) in [4.78, 5) is 0. The molecule has 2 rings (SSSR count). The molecule has 1 fully saturated rings. The van der Waals surface area contributed by atoms with Gasteiger partial charge in [-0.2, -0.15) is 5.10 Å². The summed E-state index contributed by atoms with van der Waals surface area (Å²) in [5.74, 6) is 0. The van der Waals surface area contributed by atoms with Crippen LogP contribution in [0.25, 0.3) is 0 Å². The summed E-state index contributed by atoms with van der Waals surface area (Å²) in [5.41, 5.74) is 0.264. The molecule has 0 aromatic carbocycles. The number of rotatable bonds is 1. The van der Waals surface area contributed by atoms with E-state index in [0.717, 1.165) is 35.8 Å². The number of hydrogen-bond acceptors (Lipinski definition) is 2. The lowest BCUT2D eigenvalue weighted by Crippen LogP contribution is -2.31. The molecule has 0 amide bonds. The zero-order valence-corrected chi connectivity index (χ0v) is 9.92. The Hall–Kier alpha value is -0.350. The summed E-state index contributed by atoms with van der Waals surface area (Å²) in [6.07, 6.45) is 6.90. The largest absolute Gasteiger partial charge is 0.384 e. The molecule has 14 heavy (non-hydrogen) atoms. The van der Waals surface area contributed by atoms with Crippen LogP contribution >= 0.6 is 15.9 Å². The minimum Gasteiger partial charge on any atom is -0.384 e. The molecule has 4 heteroatoms. The van der Waals surface area contributed by atoms with Crippen LogP contribution in [0.2, 0.25) is 0 Å². The molecule has 3 nitrogen and oxygen atoms in total. The molecule has 1 aromatic heterocycles. The minimum absolute atomic E-state index is 0.664. The Morgan fingerprint density at radius 2 is 2.07 bits per heavy atom. The van der Waals surface area contributed by atoms with Gasteiger partial charge in [0.1, 0.15) is 5.60 Å². The Morgan fingerprint density at radius 3 is 2.57 bits per heavy atom. The first-order chi connectivity index (χ1) is 6.63. The van der Waals surface area contributed by atoms with E-state index in [9.17, 15) is 5.11 Å². The fourth-order valence-electron chi connectivity index (χ4n) is 2.31. The second kappa shape index (κ2) is 3.66. The maximum Gasteiger partial charge on any atom is 0.107 e. The third-order valence-corrected chi connectivity index (χ3v) is 3.60. The third kappa shape index (κ3) is 1.61. The van der Waals surface area contributed by atoms with Crippen LogP contribution in [-0.4, -0.2) is 14.9 Å². The molecule has 1 aliphatic rings. The topological polar surface area (TPSA) is 38.0 Å². The maximum absolute atomic E-state index is 10.5. The Kier molecular flexibility index (Phi) is 2.66. The van der Waals surface area contributed by atoms with Crippen LogP contribution in [0.15, 0.2) is 10.7 Å². The maximum atomic E-state index is 10.5. The zero-order valence-electron chi connectivity index (χ0n) is 8.33. The van der Waals surface area contributed by atoms with E-state index in [1.54, 1.807) is 10.9 Å². The number of aromatic nitrogens is 2. The average molecular weight is 259 g/mol. The van der Waals surface area contributed by atoms with Gasteiger partial charge in [-0.1, -0.05) is 19.3 Å². The van der Waals surface area contributed by atoms with E-state index in [1.807, 2.05) is 7.05 Å². The second-order valence-electron chi connectivity index (χ2n) is 4.06. The predicted octanol–water partition coefficient (Wildman–Crippen LogP) is 2.33. The average Bonchev–Trinajstić information content (AvgIpc) is 2.48. The van der Waals surface area contributed by atoms with Gasteiger partial charge in [0, 0.05) is 7.05 Å². The van der Waals surface area contributed by atoms with Crippen LogP contribution in [0, 0.1) is 0 Å². The van der Waals surface area contributed by atoms with Crippen LogP contribution in [-0.2, 0) is 12.6 Å². The van der Waals surface area contributed by atoms with Gasteiger partial charge in [0.05, 0.1) is 16.4 Å². The number of halogens is 1. The highest BCUT2D eigenvalue weighted by atomic mass is 79.9. The molecule has 1 heterocycles. The molecule has 78 valence electrons.